The molecule has 0 amide bonds. The van der Waals surface area contributed by atoms with Gasteiger partial charge in [-0.25, -0.2) is 13.1 Å². The first-order valence-electron chi connectivity index (χ1n) is 11.4. The van der Waals surface area contributed by atoms with Crippen LogP contribution in [0.3, 0.4) is 0 Å². The van der Waals surface area contributed by atoms with Gasteiger partial charge in [0.1, 0.15) is 0 Å². The number of sulfonamides is 1. The largest absolute Gasteiger partial charge is 0.377 e. The molecule has 0 aliphatic heterocycles. The molecule has 0 saturated carbocycles. The van der Waals surface area contributed by atoms with E-state index in [9.17, 15) is 16.8 Å². The molecular weight excluding hydrogens is 494 g/mol. The average molecular weight is 533 g/mol. The Kier molecular flexibility index (Phi) is 10.7. The summed E-state index contributed by atoms with van der Waals surface area (Å²) in [5.74, 6) is 1.62. The summed E-state index contributed by atoms with van der Waals surface area (Å²) in [4.78, 5) is 2.28. The van der Waals surface area contributed by atoms with E-state index < -0.39 is 20.1 Å². The zero-order valence-corrected chi connectivity index (χ0v) is 23.0. The number of hydrogen-bond donors (Lipinski definition) is 2. The Morgan fingerprint density at radius 3 is 2.21 bits per heavy atom. The Morgan fingerprint density at radius 1 is 0.912 bits per heavy atom. The fourth-order valence-electron chi connectivity index (χ4n) is 3.83. The second-order valence-corrected chi connectivity index (χ2v) is 13.8. The lowest BCUT2D eigenvalue weighted by atomic mass is 10.1. The number of nitrogens with zero attached hydrogens (tertiary/aromatic N) is 2. The van der Waals surface area contributed by atoms with Gasteiger partial charge in [-0.15, -0.1) is 0 Å². The third-order valence-electron chi connectivity index (χ3n) is 5.61. The standard InChI is InChI=1S/C23H37N3O5S3/c1-25(2)22-12-5-11-21-20(22)10-6-13-23(21)34(30,31)24-14-7-17-32-18-8-15-26(3,4)16-9-19-33(27,28)29/h5-6,10-13,24H,7-9,14-19H2,1-4H3/p+1. The zero-order valence-electron chi connectivity index (χ0n) is 20.5. The highest BCUT2D eigenvalue weighted by Crippen LogP contribution is 2.30. The molecule has 2 rings (SSSR count). The third-order valence-corrected chi connectivity index (χ3v) is 9.08. The van der Waals surface area contributed by atoms with Crippen molar-refractivity contribution in [2.75, 3.05) is 70.0 Å². The Balaban J connectivity index is 1.75. The summed E-state index contributed by atoms with van der Waals surface area (Å²) >= 11 is 1.79. The van der Waals surface area contributed by atoms with Crippen LogP contribution in [0.1, 0.15) is 19.3 Å². The Bertz CT molecular complexity index is 1150. The summed E-state index contributed by atoms with van der Waals surface area (Å²) in [6, 6.07) is 11.1. The van der Waals surface area contributed by atoms with Crippen LogP contribution in [0.5, 0.6) is 0 Å². The van der Waals surface area contributed by atoms with Crippen molar-refractivity contribution >= 4 is 48.4 Å². The molecule has 0 saturated heterocycles. The number of anilines is 1. The van der Waals surface area contributed by atoms with E-state index in [2.05, 4.69) is 18.8 Å². The van der Waals surface area contributed by atoms with Crippen LogP contribution in [0.2, 0.25) is 0 Å². The molecule has 192 valence electrons. The van der Waals surface area contributed by atoms with Crippen LogP contribution < -0.4 is 9.62 Å². The van der Waals surface area contributed by atoms with Crippen LogP contribution in [-0.2, 0) is 20.1 Å². The van der Waals surface area contributed by atoms with Gasteiger partial charge in [-0.2, -0.15) is 20.2 Å². The molecule has 0 aliphatic rings. The van der Waals surface area contributed by atoms with Gasteiger partial charge < -0.3 is 9.38 Å². The SMILES string of the molecule is CN(C)c1cccc2c(S(=O)(=O)NCCCSCCC[N+](C)(C)CCCS(=O)(=O)O)cccc12. The highest BCUT2D eigenvalue weighted by atomic mass is 32.2. The highest BCUT2D eigenvalue weighted by molar-refractivity contribution is 7.99. The molecule has 2 N–H and O–H groups in total. The molecule has 11 heteroatoms. The first kappa shape index (κ1) is 28.9. The molecule has 0 fully saturated rings. The number of rotatable bonds is 15. The van der Waals surface area contributed by atoms with Gasteiger partial charge in [0, 0.05) is 49.9 Å². The van der Waals surface area contributed by atoms with E-state index in [0.717, 1.165) is 42.0 Å². The molecule has 0 aliphatic carbocycles. The van der Waals surface area contributed by atoms with Crippen LogP contribution >= 0.6 is 11.8 Å². The zero-order chi connectivity index (χ0) is 25.4. The topological polar surface area (TPSA) is 104 Å². The normalized spacial score (nSPS) is 12.9. The van der Waals surface area contributed by atoms with Crippen LogP contribution in [0.4, 0.5) is 5.69 Å². The third kappa shape index (κ3) is 9.35. The van der Waals surface area contributed by atoms with Crippen molar-refractivity contribution in [3.05, 3.63) is 36.4 Å². The maximum absolute atomic E-state index is 12.9. The lowest BCUT2D eigenvalue weighted by Gasteiger charge is -2.29. The summed E-state index contributed by atoms with van der Waals surface area (Å²) < 4.78 is 59.8. The predicted molar refractivity (Wildman–Crippen MR) is 143 cm³/mol. The Labute approximate surface area is 209 Å². The van der Waals surface area contributed by atoms with E-state index in [4.69, 9.17) is 4.55 Å². The van der Waals surface area contributed by atoms with Crippen molar-refractivity contribution in [3.63, 3.8) is 0 Å². The number of quaternary nitrogens is 1. The molecule has 0 spiro atoms. The smallest absolute Gasteiger partial charge is 0.265 e. The van der Waals surface area contributed by atoms with Gasteiger partial charge in [-0.05, 0) is 30.1 Å². The molecule has 2 aromatic carbocycles. The van der Waals surface area contributed by atoms with Crippen molar-refractivity contribution < 1.29 is 25.9 Å². The molecular formula is C23H38N3O5S3+. The Hall–Kier alpha value is -1.37. The van der Waals surface area contributed by atoms with Crippen LogP contribution in [0, 0.1) is 0 Å². The summed E-state index contributed by atoms with van der Waals surface area (Å²) in [6.45, 7) is 1.99. The monoisotopic (exact) mass is 532 g/mol. The van der Waals surface area contributed by atoms with Gasteiger partial charge in [0.05, 0.1) is 37.8 Å². The summed E-state index contributed by atoms with van der Waals surface area (Å²) in [5.41, 5.74) is 0.978. The minimum Gasteiger partial charge on any atom is -0.377 e. The van der Waals surface area contributed by atoms with Crippen molar-refractivity contribution in [1.29, 1.82) is 0 Å². The predicted octanol–water partition coefficient (Wildman–Crippen LogP) is 3.05. The van der Waals surface area contributed by atoms with E-state index in [1.54, 1.807) is 23.9 Å². The van der Waals surface area contributed by atoms with E-state index >= 15 is 0 Å². The van der Waals surface area contributed by atoms with Crippen LogP contribution in [0.15, 0.2) is 41.3 Å². The quantitative estimate of drug-likeness (QED) is 0.206. The van der Waals surface area contributed by atoms with Crippen molar-refractivity contribution in [2.24, 2.45) is 0 Å². The number of benzene rings is 2. The van der Waals surface area contributed by atoms with Crippen molar-refractivity contribution in [2.45, 2.75) is 24.2 Å². The fraction of sp³-hybridized carbons (Fsp3) is 0.565. The molecule has 8 nitrogen and oxygen atoms in total. The van der Waals surface area contributed by atoms with E-state index in [1.807, 2.05) is 43.3 Å². The number of fused-ring (bicyclic) bond motifs is 1. The van der Waals surface area contributed by atoms with Crippen molar-refractivity contribution in [1.82, 2.24) is 4.72 Å². The summed E-state index contributed by atoms with van der Waals surface area (Å²) in [7, 11) is 0.488. The minimum absolute atomic E-state index is 0.199. The van der Waals surface area contributed by atoms with E-state index in [-0.39, 0.29) is 5.75 Å². The molecule has 0 heterocycles. The number of thioether (sulfide) groups is 1. The van der Waals surface area contributed by atoms with Gasteiger partial charge in [0.2, 0.25) is 10.0 Å². The second kappa shape index (κ2) is 12.5. The molecule has 0 bridgehead atoms. The highest BCUT2D eigenvalue weighted by Gasteiger charge is 2.18. The number of hydrogen-bond acceptors (Lipinski definition) is 6. The first-order valence-corrected chi connectivity index (χ1v) is 15.6. The van der Waals surface area contributed by atoms with E-state index in [0.29, 0.717) is 34.3 Å². The molecule has 34 heavy (non-hydrogen) atoms. The first-order chi connectivity index (χ1) is 15.8. The van der Waals surface area contributed by atoms with Crippen LogP contribution in [0.25, 0.3) is 10.8 Å². The molecule has 0 radical (unpaired) electrons. The van der Waals surface area contributed by atoms with Gasteiger partial charge in [-0.3, -0.25) is 4.55 Å². The lowest BCUT2D eigenvalue weighted by Crippen LogP contribution is -2.42. The van der Waals surface area contributed by atoms with Gasteiger partial charge in [0.25, 0.3) is 10.1 Å². The Morgan fingerprint density at radius 2 is 1.53 bits per heavy atom. The fourth-order valence-corrected chi connectivity index (χ4v) is 6.50. The van der Waals surface area contributed by atoms with Crippen molar-refractivity contribution in [3.8, 4) is 0 Å². The summed E-state index contributed by atoms with van der Waals surface area (Å²) in [5, 5.41) is 1.62. The molecule has 2 aromatic rings. The summed E-state index contributed by atoms with van der Waals surface area (Å²) in [6.07, 6.45) is 2.16. The van der Waals surface area contributed by atoms with Gasteiger partial charge in [-0.1, -0.05) is 24.3 Å². The average Bonchev–Trinajstić information content (AvgIpc) is 2.73. The molecule has 0 aromatic heterocycles. The maximum atomic E-state index is 12.9. The maximum Gasteiger partial charge on any atom is 0.265 e. The minimum atomic E-state index is -3.89. The van der Waals surface area contributed by atoms with E-state index in [1.165, 1.54) is 0 Å². The second-order valence-electron chi connectivity index (χ2n) is 9.26. The van der Waals surface area contributed by atoms with Gasteiger partial charge >= 0.3 is 0 Å². The molecule has 0 unspecified atom stereocenters. The number of nitrogens with one attached hydrogen (secondary N) is 1. The lowest BCUT2D eigenvalue weighted by molar-refractivity contribution is -0.890. The van der Waals surface area contributed by atoms with Gasteiger partial charge in [0.15, 0.2) is 0 Å². The van der Waals surface area contributed by atoms with Crippen LogP contribution in [-0.4, -0.2) is 91.0 Å². The molecule has 0 atom stereocenters.